The summed E-state index contributed by atoms with van der Waals surface area (Å²) in [5.74, 6) is 0.312. The number of hydrogen-bond acceptors (Lipinski definition) is 2. The number of carbonyl (C=O) groups excluding carboxylic acids is 1. The molecule has 1 heterocycles. The van der Waals surface area contributed by atoms with Crippen molar-refractivity contribution in [3.8, 4) is 0 Å². The van der Waals surface area contributed by atoms with E-state index in [9.17, 15) is 4.79 Å². The predicted octanol–water partition coefficient (Wildman–Crippen LogP) is 2.20. The summed E-state index contributed by atoms with van der Waals surface area (Å²) in [6, 6.07) is 8.28. The van der Waals surface area contributed by atoms with Gasteiger partial charge in [0.15, 0.2) is 0 Å². The van der Waals surface area contributed by atoms with E-state index in [4.69, 9.17) is 0 Å². The van der Waals surface area contributed by atoms with E-state index in [-0.39, 0.29) is 30.3 Å². The molecule has 3 nitrogen and oxygen atoms in total. The van der Waals surface area contributed by atoms with E-state index in [2.05, 4.69) is 29.7 Å². The molecule has 0 bridgehead atoms. The molecule has 0 aliphatic carbocycles. The first-order chi connectivity index (χ1) is 8.18. The van der Waals surface area contributed by atoms with E-state index in [0.717, 1.165) is 19.5 Å². The zero-order chi connectivity index (χ0) is 12.3. The monoisotopic (exact) mass is 268 g/mol. The number of rotatable bonds is 3. The highest BCUT2D eigenvalue weighted by Crippen LogP contribution is 2.18. The number of amides is 1. The standard InChI is InChI=1S/C14H20N2O.ClH/c1-10-5-3-4-6-13(10)11(2)16-14(17)12-7-8-15-9-12;/h3-6,11-12,15H,7-9H2,1-2H3,(H,16,17);1H. The summed E-state index contributed by atoms with van der Waals surface area (Å²) in [5.41, 5.74) is 2.43. The van der Waals surface area contributed by atoms with Crippen LogP contribution in [0, 0.1) is 12.8 Å². The lowest BCUT2D eigenvalue weighted by atomic mass is 10.0. The van der Waals surface area contributed by atoms with Crippen molar-refractivity contribution in [2.75, 3.05) is 13.1 Å². The Balaban J connectivity index is 0.00000162. The molecular formula is C14H21ClN2O. The van der Waals surface area contributed by atoms with E-state index >= 15 is 0 Å². The fourth-order valence-corrected chi connectivity index (χ4v) is 2.36. The molecule has 2 rings (SSSR count). The quantitative estimate of drug-likeness (QED) is 0.883. The van der Waals surface area contributed by atoms with Crippen molar-refractivity contribution in [2.45, 2.75) is 26.3 Å². The average molecular weight is 269 g/mol. The van der Waals surface area contributed by atoms with Gasteiger partial charge in [-0.2, -0.15) is 0 Å². The van der Waals surface area contributed by atoms with E-state index in [0.29, 0.717) is 0 Å². The molecule has 0 saturated carbocycles. The van der Waals surface area contributed by atoms with Crippen LogP contribution >= 0.6 is 12.4 Å². The molecule has 1 amide bonds. The minimum atomic E-state index is 0. The minimum absolute atomic E-state index is 0. The summed E-state index contributed by atoms with van der Waals surface area (Å²) < 4.78 is 0. The maximum atomic E-state index is 12.0. The van der Waals surface area contributed by atoms with Crippen LogP contribution in [0.15, 0.2) is 24.3 Å². The van der Waals surface area contributed by atoms with Gasteiger partial charge in [0.05, 0.1) is 12.0 Å². The molecule has 0 spiro atoms. The van der Waals surface area contributed by atoms with Crippen molar-refractivity contribution in [2.24, 2.45) is 5.92 Å². The van der Waals surface area contributed by atoms with Gasteiger partial charge in [0.25, 0.3) is 0 Å². The van der Waals surface area contributed by atoms with Crippen LogP contribution < -0.4 is 10.6 Å². The number of hydrogen-bond donors (Lipinski definition) is 2. The highest BCUT2D eigenvalue weighted by molar-refractivity contribution is 5.85. The SMILES string of the molecule is Cc1ccccc1C(C)NC(=O)C1CCNC1.Cl. The molecule has 0 aromatic heterocycles. The molecule has 1 fully saturated rings. The van der Waals surface area contributed by atoms with Gasteiger partial charge in [-0.3, -0.25) is 4.79 Å². The van der Waals surface area contributed by atoms with Crippen LogP contribution in [0.25, 0.3) is 0 Å². The van der Waals surface area contributed by atoms with Gasteiger partial charge < -0.3 is 10.6 Å². The molecule has 100 valence electrons. The van der Waals surface area contributed by atoms with Crippen LogP contribution in [-0.2, 0) is 4.79 Å². The fourth-order valence-electron chi connectivity index (χ4n) is 2.36. The highest BCUT2D eigenvalue weighted by Gasteiger charge is 2.23. The lowest BCUT2D eigenvalue weighted by Crippen LogP contribution is -2.34. The van der Waals surface area contributed by atoms with Crippen LogP contribution in [0.3, 0.4) is 0 Å². The van der Waals surface area contributed by atoms with Crippen molar-refractivity contribution in [3.63, 3.8) is 0 Å². The van der Waals surface area contributed by atoms with Gasteiger partial charge in [0, 0.05) is 6.54 Å². The molecule has 2 unspecified atom stereocenters. The number of benzene rings is 1. The van der Waals surface area contributed by atoms with Crippen LogP contribution in [0.5, 0.6) is 0 Å². The second-order valence-electron chi connectivity index (χ2n) is 4.78. The van der Waals surface area contributed by atoms with Crippen molar-refractivity contribution >= 4 is 18.3 Å². The van der Waals surface area contributed by atoms with Gasteiger partial charge in [-0.15, -0.1) is 12.4 Å². The summed E-state index contributed by atoms with van der Waals surface area (Å²) in [6.07, 6.45) is 0.951. The highest BCUT2D eigenvalue weighted by atomic mass is 35.5. The van der Waals surface area contributed by atoms with E-state index in [1.54, 1.807) is 0 Å². The van der Waals surface area contributed by atoms with E-state index in [1.807, 2.05) is 19.1 Å². The molecule has 1 aromatic carbocycles. The summed E-state index contributed by atoms with van der Waals surface area (Å²) in [7, 11) is 0. The Morgan fingerprint density at radius 2 is 2.17 bits per heavy atom. The second kappa shape index (κ2) is 6.76. The normalized spacial score (nSPS) is 20.0. The molecule has 1 aromatic rings. The lowest BCUT2D eigenvalue weighted by molar-refractivity contribution is -0.125. The first kappa shape index (κ1) is 15.0. The molecule has 1 aliphatic heterocycles. The van der Waals surface area contributed by atoms with E-state index in [1.165, 1.54) is 11.1 Å². The molecule has 1 saturated heterocycles. The topological polar surface area (TPSA) is 41.1 Å². The summed E-state index contributed by atoms with van der Waals surface area (Å²) in [6.45, 7) is 5.89. The van der Waals surface area contributed by atoms with Gasteiger partial charge >= 0.3 is 0 Å². The van der Waals surface area contributed by atoms with Gasteiger partial charge in [0.2, 0.25) is 5.91 Å². The molecular weight excluding hydrogens is 248 g/mol. The molecule has 4 heteroatoms. The maximum Gasteiger partial charge on any atom is 0.224 e. The van der Waals surface area contributed by atoms with E-state index < -0.39 is 0 Å². The molecule has 1 aliphatic rings. The Hall–Kier alpha value is -1.06. The number of halogens is 1. The van der Waals surface area contributed by atoms with Gasteiger partial charge in [-0.1, -0.05) is 24.3 Å². The summed E-state index contributed by atoms with van der Waals surface area (Å²) >= 11 is 0. The number of carbonyl (C=O) groups is 1. The molecule has 2 atom stereocenters. The fraction of sp³-hybridized carbons (Fsp3) is 0.500. The van der Waals surface area contributed by atoms with Crippen molar-refractivity contribution in [3.05, 3.63) is 35.4 Å². The third-order valence-corrected chi connectivity index (χ3v) is 3.44. The van der Waals surface area contributed by atoms with Crippen LogP contribution in [-0.4, -0.2) is 19.0 Å². The molecule has 0 radical (unpaired) electrons. The minimum Gasteiger partial charge on any atom is -0.349 e. The Morgan fingerprint density at radius 3 is 2.78 bits per heavy atom. The Bertz CT molecular complexity index is 403. The van der Waals surface area contributed by atoms with Crippen LogP contribution in [0.2, 0.25) is 0 Å². The van der Waals surface area contributed by atoms with Crippen molar-refractivity contribution in [1.29, 1.82) is 0 Å². The largest absolute Gasteiger partial charge is 0.349 e. The zero-order valence-corrected chi connectivity index (χ0v) is 11.7. The molecule has 18 heavy (non-hydrogen) atoms. The van der Waals surface area contributed by atoms with Gasteiger partial charge in [-0.05, 0) is 37.9 Å². The third kappa shape index (κ3) is 3.47. The summed E-state index contributed by atoms with van der Waals surface area (Å²) in [5, 5.41) is 6.32. The second-order valence-corrected chi connectivity index (χ2v) is 4.78. The Morgan fingerprint density at radius 1 is 1.44 bits per heavy atom. The smallest absolute Gasteiger partial charge is 0.224 e. The maximum absolute atomic E-state index is 12.0. The number of aryl methyl sites for hydroxylation is 1. The number of nitrogens with one attached hydrogen (secondary N) is 2. The van der Waals surface area contributed by atoms with Gasteiger partial charge in [-0.25, -0.2) is 0 Å². The Kier molecular flexibility index (Phi) is 5.63. The molecule has 2 N–H and O–H groups in total. The van der Waals surface area contributed by atoms with Crippen LogP contribution in [0.1, 0.15) is 30.5 Å². The first-order valence-corrected chi connectivity index (χ1v) is 6.25. The lowest BCUT2D eigenvalue weighted by Gasteiger charge is -2.18. The first-order valence-electron chi connectivity index (χ1n) is 6.25. The van der Waals surface area contributed by atoms with Crippen LogP contribution in [0.4, 0.5) is 0 Å². The zero-order valence-electron chi connectivity index (χ0n) is 10.9. The third-order valence-electron chi connectivity index (χ3n) is 3.44. The van der Waals surface area contributed by atoms with Gasteiger partial charge in [0.1, 0.15) is 0 Å². The summed E-state index contributed by atoms with van der Waals surface area (Å²) in [4.78, 5) is 12.0. The van der Waals surface area contributed by atoms with Crippen molar-refractivity contribution in [1.82, 2.24) is 10.6 Å². The Labute approximate surface area is 115 Å². The predicted molar refractivity (Wildman–Crippen MR) is 76.0 cm³/mol. The average Bonchev–Trinajstić information content (AvgIpc) is 2.82. The van der Waals surface area contributed by atoms with Crippen molar-refractivity contribution < 1.29 is 4.79 Å².